The Labute approximate surface area is 166 Å². The number of nitrogens with one attached hydrogen (secondary N) is 1. The van der Waals surface area contributed by atoms with Gasteiger partial charge < -0.3 is 19.4 Å². The highest BCUT2D eigenvalue weighted by Gasteiger charge is 2.33. The zero-order valence-corrected chi connectivity index (χ0v) is 17.6. The van der Waals surface area contributed by atoms with Crippen LogP contribution in [0.3, 0.4) is 0 Å². The smallest absolute Gasteiger partial charge is 0.410 e. The normalized spacial score (nSPS) is 17.5. The quantitative estimate of drug-likeness (QED) is 0.876. The van der Waals surface area contributed by atoms with E-state index in [1.54, 1.807) is 12.0 Å². The fraction of sp³-hybridized carbons (Fsp3) is 0.524. The van der Waals surface area contributed by atoms with Crippen molar-refractivity contribution in [2.45, 2.75) is 46.3 Å². The number of carbonyl (C=O) groups excluding carboxylic acids is 1. The highest BCUT2D eigenvalue weighted by atomic mass is 16.6. The number of hydrogen-bond acceptors (Lipinski definition) is 5. The molecule has 1 atom stereocenters. The molecule has 3 heterocycles. The first-order valence-corrected chi connectivity index (χ1v) is 9.61. The third-order valence-corrected chi connectivity index (χ3v) is 4.83. The molecule has 7 heteroatoms. The highest BCUT2D eigenvalue weighted by molar-refractivity contribution is 5.69. The first-order valence-electron chi connectivity index (χ1n) is 9.61. The van der Waals surface area contributed by atoms with Crippen LogP contribution in [0.2, 0.25) is 0 Å². The molecule has 28 heavy (non-hydrogen) atoms. The molecule has 2 aromatic rings. The third kappa shape index (κ3) is 4.14. The molecule has 1 N–H and O–H groups in total. The van der Waals surface area contributed by atoms with Gasteiger partial charge in [-0.25, -0.2) is 9.78 Å². The van der Waals surface area contributed by atoms with E-state index in [-0.39, 0.29) is 12.1 Å². The van der Waals surface area contributed by atoms with E-state index in [1.165, 1.54) is 0 Å². The number of carbonyl (C=O) groups is 1. The molecule has 0 aromatic carbocycles. The minimum Gasteiger partial charge on any atom is -0.496 e. The van der Waals surface area contributed by atoms with Gasteiger partial charge in [0.25, 0.3) is 0 Å². The number of methoxy groups -OCH3 is 1. The van der Waals surface area contributed by atoms with E-state index in [4.69, 9.17) is 9.47 Å². The molecule has 3 rings (SSSR count). The van der Waals surface area contributed by atoms with Gasteiger partial charge in [-0.1, -0.05) is 0 Å². The first kappa shape index (κ1) is 20.2. The highest BCUT2D eigenvalue weighted by Crippen LogP contribution is 2.32. The minimum atomic E-state index is -0.540. The number of ether oxygens (including phenoxy) is 2. The summed E-state index contributed by atoms with van der Waals surface area (Å²) in [4.78, 5) is 19.2. The lowest BCUT2D eigenvalue weighted by Gasteiger charge is -2.37. The predicted octanol–water partition coefficient (Wildman–Crippen LogP) is 3.38. The summed E-state index contributed by atoms with van der Waals surface area (Å²) in [5.41, 5.74) is 2.54. The van der Waals surface area contributed by atoms with E-state index in [2.05, 4.69) is 27.0 Å². The van der Waals surface area contributed by atoms with Crippen molar-refractivity contribution in [3.05, 3.63) is 41.3 Å². The fourth-order valence-corrected chi connectivity index (χ4v) is 3.54. The van der Waals surface area contributed by atoms with Gasteiger partial charge in [-0.15, -0.1) is 0 Å². The van der Waals surface area contributed by atoms with Crippen molar-refractivity contribution in [3.63, 3.8) is 0 Å². The van der Waals surface area contributed by atoms with Crippen LogP contribution < -0.4 is 10.1 Å². The Bertz CT molecular complexity index is 834. The van der Waals surface area contributed by atoms with Crippen LogP contribution in [0, 0.1) is 13.8 Å². The number of nitrogens with zero attached hydrogens (tertiary/aromatic N) is 3. The summed E-state index contributed by atoms with van der Waals surface area (Å²) in [5.74, 6) is 1.51. The molecule has 1 fully saturated rings. The monoisotopic (exact) mass is 386 g/mol. The largest absolute Gasteiger partial charge is 0.496 e. The number of amides is 1. The maximum absolute atomic E-state index is 12.8. The number of piperazine rings is 1. The van der Waals surface area contributed by atoms with Crippen molar-refractivity contribution < 1.29 is 14.3 Å². The van der Waals surface area contributed by atoms with Gasteiger partial charge in [-0.05, 0) is 46.8 Å². The molecule has 2 aromatic heterocycles. The molecular weight excluding hydrogens is 356 g/mol. The van der Waals surface area contributed by atoms with E-state index in [1.807, 2.05) is 46.9 Å². The van der Waals surface area contributed by atoms with E-state index in [0.717, 1.165) is 29.3 Å². The van der Waals surface area contributed by atoms with Crippen LogP contribution in [0.25, 0.3) is 5.82 Å². The van der Waals surface area contributed by atoms with Crippen LogP contribution in [-0.2, 0) is 4.74 Å². The van der Waals surface area contributed by atoms with Gasteiger partial charge in [0, 0.05) is 48.8 Å². The number of aryl methyl sites for hydroxylation is 2. The van der Waals surface area contributed by atoms with Gasteiger partial charge in [0.1, 0.15) is 17.2 Å². The van der Waals surface area contributed by atoms with Crippen LogP contribution in [0.5, 0.6) is 5.75 Å². The number of pyridine rings is 1. The van der Waals surface area contributed by atoms with E-state index in [9.17, 15) is 4.79 Å². The van der Waals surface area contributed by atoms with Crippen LogP contribution in [0.4, 0.5) is 4.79 Å². The second-order valence-corrected chi connectivity index (χ2v) is 8.13. The van der Waals surface area contributed by atoms with Gasteiger partial charge >= 0.3 is 6.09 Å². The number of hydrogen-bond donors (Lipinski definition) is 1. The van der Waals surface area contributed by atoms with Gasteiger partial charge in [0.2, 0.25) is 0 Å². The zero-order chi connectivity index (χ0) is 20.5. The first-order chi connectivity index (χ1) is 13.2. The van der Waals surface area contributed by atoms with Crippen molar-refractivity contribution in [1.29, 1.82) is 0 Å². The molecule has 1 aliphatic rings. The van der Waals surface area contributed by atoms with Crippen molar-refractivity contribution in [1.82, 2.24) is 19.8 Å². The van der Waals surface area contributed by atoms with E-state index in [0.29, 0.717) is 18.8 Å². The topological polar surface area (TPSA) is 68.6 Å². The van der Waals surface area contributed by atoms with Gasteiger partial charge in [0.15, 0.2) is 0 Å². The average molecular weight is 386 g/mol. The summed E-state index contributed by atoms with van der Waals surface area (Å²) in [5, 5.41) is 3.35. The Balaban J connectivity index is 1.95. The molecule has 1 amide bonds. The van der Waals surface area contributed by atoms with E-state index >= 15 is 0 Å². The van der Waals surface area contributed by atoms with Crippen molar-refractivity contribution in [2.24, 2.45) is 0 Å². The van der Waals surface area contributed by atoms with E-state index < -0.39 is 5.60 Å². The lowest BCUT2D eigenvalue weighted by atomic mass is 10.0. The Morgan fingerprint density at radius 3 is 2.54 bits per heavy atom. The Kier molecular flexibility index (Phi) is 5.65. The maximum atomic E-state index is 12.8. The lowest BCUT2D eigenvalue weighted by Crippen LogP contribution is -2.50. The minimum absolute atomic E-state index is 0.202. The Morgan fingerprint density at radius 2 is 1.93 bits per heavy atom. The molecular formula is C21H30N4O3. The second-order valence-electron chi connectivity index (χ2n) is 8.13. The van der Waals surface area contributed by atoms with Gasteiger partial charge in [0.05, 0.1) is 13.2 Å². The average Bonchev–Trinajstić information content (AvgIpc) is 2.98. The molecule has 0 aliphatic carbocycles. The Morgan fingerprint density at radius 1 is 1.25 bits per heavy atom. The summed E-state index contributed by atoms with van der Waals surface area (Å²) < 4.78 is 13.4. The summed E-state index contributed by atoms with van der Waals surface area (Å²) in [6.07, 6.45) is 1.49. The van der Waals surface area contributed by atoms with Crippen molar-refractivity contribution in [2.75, 3.05) is 26.7 Å². The number of rotatable bonds is 3. The zero-order valence-electron chi connectivity index (χ0n) is 17.6. The molecule has 0 saturated carbocycles. The summed E-state index contributed by atoms with van der Waals surface area (Å²) in [6, 6.07) is 5.85. The Hall–Kier alpha value is -2.54. The third-order valence-electron chi connectivity index (χ3n) is 4.83. The van der Waals surface area contributed by atoms with Crippen LogP contribution in [0.1, 0.15) is 43.8 Å². The van der Waals surface area contributed by atoms with Crippen molar-refractivity contribution >= 4 is 6.09 Å². The molecule has 0 spiro atoms. The molecule has 7 nitrogen and oxygen atoms in total. The SMILES string of the molecule is COc1cc(-n2c(C)ccc2C)ncc1C1CNCCN1C(=O)OC(C)(C)C. The summed E-state index contributed by atoms with van der Waals surface area (Å²) in [7, 11) is 1.64. The molecule has 152 valence electrons. The summed E-state index contributed by atoms with van der Waals surface area (Å²) in [6.45, 7) is 11.6. The summed E-state index contributed by atoms with van der Waals surface area (Å²) >= 11 is 0. The van der Waals surface area contributed by atoms with Crippen LogP contribution >= 0.6 is 0 Å². The van der Waals surface area contributed by atoms with Gasteiger partial charge in [-0.3, -0.25) is 4.90 Å². The molecule has 1 aliphatic heterocycles. The van der Waals surface area contributed by atoms with Crippen LogP contribution in [-0.4, -0.2) is 52.9 Å². The van der Waals surface area contributed by atoms with Crippen molar-refractivity contribution in [3.8, 4) is 11.6 Å². The lowest BCUT2D eigenvalue weighted by molar-refractivity contribution is 0.0115. The second kappa shape index (κ2) is 7.83. The molecule has 0 bridgehead atoms. The fourth-order valence-electron chi connectivity index (χ4n) is 3.54. The van der Waals surface area contributed by atoms with Gasteiger partial charge in [-0.2, -0.15) is 0 Å². The standard InChI is InChI=1S/C21H30N4O3/c1-14-7-8-15(2)25(14)19-11-18(27-6)16(12-23-19)17-13-22-9-10-24(17)20(26)28-21(3,4)5/h7-8,11-12,17,22H,9-10,13H2,1-6H3. The number of aromatic nitrogens is 2. The molecule has 1 saturated heterocycles. The maximum Gasteiger partial charge on any atom is 0.410 e. The van der Waals surface area contributed by atoms with Crippen LogP contribution in [0.15, 0.2) is 24.4 Å². The molecule has 0 radical (unpaired) electrons. The predicted molar refractivity (Wildman–Crippen MR) is 108 cm³/mol. The molecule has 1 unspecified atom stereocenters.